The van der Waals surface area contributed by atoms with E-state index >= 15 is 0 Å². The molecule has 1 N–H and O–H groups in total. The number of para-hydroxylation sites is 1. The standard InChI is InChI=1S/C21H18N4OS/c26-19(11-14-12-27-13-23-14)25-10-8-16-15-5-1-2-6-17(15)24-20(16)21(25)18-7-3-4-9-22-18/h1-7,9,12-13,21,24H,8,10-11H2. The first kappa shape index (κ1) is 16.2. The van der Waals surface area contributed by atoms with E-state index in [4.69, 9.17) is 0 Å². The molecule has 1 aromatic carbocycles. The monoisotopic (exact) mass is 374 g/mol. The van der Waals surface area contributed by atoms with Crippen molar-refractivity contribution in [2.45, 2.75) is 18.9 Å². The fourth-order valence-electron chi connectivity index (χ4n) is 3.94. The van der Waals surface area contributed by atoms with Crippen LogP contribution in [0.4, 0.5) is 0 Å². The molecule has 4 aromatic rings. The quantitative estimate of drug-likeness (QED) is 0.594. The summed E-state index contributed by atoms with van der Waals surface area (Å²) in [5, 5.41) is 3.17. The van der Waals surface area contributed by atoms with E-state index in [1.54, 1.807) is 11.7 Å². The lowest BCUT2D eigenvalue weighted by Gasteiger charge is -2.35. The van der Waals surface area contributed by atoms with Crippen LogP contribution in [-0.2, 0) is 17.6 Å². The number of carbonyl (C=O) groups excluding carboxylic acids is 1. The fraction of sp³-hybridized carbons (Fsp3) is 0.190. The lowest BCUT2D eigenvalue weighted by atomic mass is 9.94. The first-order valence-corrected chi connectivity index (χ1v) is 9.92. The lowest BCUT2D eigenvalue weighted by molar-refractivity contribution is -0.132. The van der Waals surface area contributed by atoms with Crippen molar-refractivity contribution in [3.63, 3.8) is 0 Å². The third kappa shape index (κ3) is 2.82. The summed E-state index contributed by atoms with van der Waals surface area (Å²) in [6.45, 7) is 0.680. The first-order chi connectivity index (χ1) is 13.3. The van der Waals surface area contributed by atoms with Crippen LogP contribution in [-0.4, -0.2) is 32.3 Å². The van der Waals surface area contributed by atoms with Crippen LogP contribution in [0.3, 0.4) is 0 Å². The number of H-pyrrole nitrogens is 1. The zero-order valence-corrected chi connectivity index (χ0v) is 15.4. The van der Waals surface area contributed by atoms with Gasteiger partial charge in [-0.05, 0) is 30.2 Å². The molecule has 1 atom stereocenters. The van der Waals surface area contributed by atoms with Crippen LogP contribution in [0, 0.1) is 0 Å². The zero-order chi connectivity index (χ0) is 18.2. The third-order valence-corrected chi connectivity index (χ3v) is 5.77. The Bertz CT molecular complexity index is 1090. The average Bonchev–Trinajstić information content (AvgIpc) is 3.35. The molecule has 0 spiro atoms. The van der Waals surface area contributed by atoms with E-state index in [2.05, 4.69) is 33.2 Å². The molecular weight excluding hydrogens is 356 g/mol. The topological polar surface area (TPSA) is 61.9 Å². The van der Waals surface area contributed by atoms with Gasteiger partial charge in [0.15, 0.2) is 0 Å². The predicted molar refractivity (Wildman–Crippen MR) is 106 cm³/mol. The number of fused-ring (bicyclic) bond motifs is 3. The number of carbonyl (C=O) groups is 1. The molecule has 1 aliphatic heterocycles. The maximum absolute atomic E-state index is 13.1. The van der Waals surface area contributed by atoms with Crippen LogP contribution < -0.4 is 0 Å². The highest BCUT2D eigenvalue weighted by molar-refractivity contribution is 7.07. The van der Waals surface area contributed by atoms with Gasteiger partial charge in [-0.15, -0.1) is 11.3 Å². The SMILES string of the molecule is O=C(Cc1cscn1)N1CCc2c([nH]c3ccccc23)C1c1ccccn1. The smallest absolute Gasteiger partial charge is 0.229 e. The summed E-state index contributed by atoms with van der Waals surface area (Å²) >= 11 is 1.52. The van der Waals surface area contributed by atoms with Gasteiger partial charge in [0.05, 0.1) is 23.3 Å². The van der Waals surface area contributed by atoms with Crippen molar-refractivity contribution in [3.05, 3.63) is 82.2 Å². The van der Waals surface area contributed by atoms with Gasteiger partial charge in [-0.3, -0.25) is 9.78 Å². The zero-order valence-electron chi connectivity index (χ0n) is 14.6. The van der Waals surface area contributed by atoms with Gasteiger partial charge in [0.1, 0.15) is 6.04 Å². The Balaban J connectivity index is 1.60. The molecule has 1 aliphatic rings. The molecule has 0 fully saturated rings. The molecule has 134 valence electrons. The van der Waals surface area contributed by atoms with E-state index in [9.17, 15) is 4.79 Å². The van der Waals surface area contributed by atoms with E-state index < -0.39 is 0 Å². The van der Waals surface area contributed by atoms with Gasteiger partial charge in [0.2, 0.25) is 5.91 Å². The second kappa shape index (κ2) is 6.63. The Labute approximate surface area is 160 Å². The summed E-state index contributed by atoms with van der Waals surface area (Å²) in [6, 6.07) is 14.0. The Morgan fingerprint density at radius 1 is 1.19 bits per heavy atom. The highest BCUT2D eigenvalue weighted by Gasteiger charge is 2.35. The van der Waals surface area contributed by atoms with Crippen LogP contribution in [0.15, 0.2) is 59.6 Å². The van der Waals surface area contributed by atoms with Crippen LogP contribution in [0.5, 0.6) is 0 Å². The molecule has 6 heteroatoms. The van der Waals surface area contributed by atoms with Gasteiger partial charge >= 0.3 is 0 Å². The highest BCUT2D eigenvalue weighted by atomic mass is 32.1. The number of rotatable bonds is 3. The van der Waals surface area contributed by atoms with Crippen molar-refractivity contribution in [2.75, 3.05) is 6.54 Å². The molecular formula is C21H18N4OS. The van der Waals surface area contributed by atoms with Crippen molar-refractivity contribution in [1.82, 2.24) is 19.9 Å². The van der Waals surface area contributed by atoms with Gasteiger partial charge in [0.25, 0.3) is 0 Å². The van der Waals surface area contributed by atoms with Crippen molar-refractivity contribution in [1.29, 1.82) is 0 Å². The van der Waals surface area contributed by atoms with Gasteiger partial charge in [0, 0.05) is 34.7 Å². The minimum Gasteiger partial charge on any atom is -0.356 e. The van der Waals surface area contributed by atoms with E-state index in [1.807, 2.05) is 34.5 Å². The summed E-state index contributed by atoms with van der Waals surface area (Å²) in [6.07, 6.45) is 2.95. The van der Waals surface area contributed by atoms with Crippen molar-refractivity contribution >= 4 is 28.1 Å². The van der Waals surface area contributed by atoms with Gasteiger partial charge < -0.3 is 9.88 Å². The molecule has 1 amide bonds. The number of nitrogens with one attached hydrogen (secondary N) is 1. The number of aromatic nitrogens is 3. The Hall–Kier alpha value is -2.99. The Morgan fingerprint density at radius 2 is 2.07 bits per heavy atom. The maximum Gasteiger partial charge on any atom is 0.229 e. The third-order valence-electron chi connectivity index (χ3n) is 5.14. The Morgan fingerprint density at radius 3 is 2.89 bits per heavy atom. The Kier molecular flexibility index (Phi) is 3.98. The van der Waals surface area contributed by atoms with Gasteiger partial charge in [-0.1, -0.05) is 24.3 Å². The van der Waals surface area contributed by atoms with Gasteiger partial charge in [-0.25, -0.2) is 4.98 Å². The maximum atomic E-state index is 13.1. The van der Waals surface area contributed by atoms with Crippen molar-refractivity contribution in [3.8, 4) is 0 Å². The number of benzene rings is 1. The number of thiazole rings is 1. The van der Waals surface area contributed by atoms with Gasteiger partial charge in [-0.2, -0.15) is 0 Å². The number of nitrogens with zero attached hydrogens (tertiary/aromatic N) is 3. The highest BCUT2D eigenvalue weighted by Crippen LogP contribution is 2.37. The summed E-state index contributed by atoms with van der Waals surface area (Å²) in [7, 11) is 0. The number of hydrogen-bond donors (Lipinski definition) is 1. The summed E-state index contributed by atoms with van der Waals surface area (Å²) in [5.74, 6) is 0.0841. The molecule has 1 unspecified atom stereocenters. The van der Waals surface area contributed by atoms with Crippen LogP contribution in [0.2, 0.25) is 0 Å². The van der Waals surface area contributed by atoms with E-state index in [0.717, 1.165) is 29.0 Å². The number of aromatic amines is 1. The molecule has 5 rings (SSSR count). The largest absolute Gasteiger partial charge is 0.356 e. The molecule has 0 saturated heterocycles. The summed E-state index contributed by atoms with van der Waals surface area (Å²) in [4.78, 5) is 27.5. The van der Waals surface area contributed by atoms with Crippen molar-refractivity contribution in [2.24, 2.45) is 0 Å². The summed E-state index contributed by atoms with van der Waals surface area (Å²) in [5.41, 5.74) is 6.96. The molecule has 4 heterocycles. The minimum absolute atomic E-state index is 0.0841. The van der Waals surface area contributed by atoms with E-state index in [0.29, 0.717) is 13.0 Å². The number of amides is 1. The van der Waals surface area contributed by atoms with E-state index in [-0.39, 0.29) is 11.9 Å². The first-order valence-electron chi connectivity index (χ1n) is 8.98. The summed E-state index contributed by atoms with van der Waals surface area (Å²) < 4.78 is 0. The van der Waals surface area contributed by atoms with Crippen LogP contribution in [0.1, 0.15) is 28.7 Å². The molecule has 0 bridgehead atoms. The second-order valence-corrected chi connectivity index (χ2v) is 7.43. The van der Waals surface area contributed by atoms with Crippen LogP contribution in [0.25, 0.3) is 10.9 Å². The van der Waals surface area contributed by atoms with E-state index in [1.165, 1.54) is 22.3 Å². The fourth-order valence-corrected chi connectivity index (χ4v) is 4.49. The molecule has 0 saturated carbocycles. The minimum atomic E-state index is -0.200. The predicted octanol–water partition coefficient (Wildman–Crippen LogP) is 3.74. The van der Waals surface area contributed by atoms with Crippen molar-refractivity contribution < 1.29 is 4.79 Å². The molecule has 0 aliphatic carbocycles. The number of hydrogen-bond acceptors (Lipinski definition) is 4. The molecule has 27 heavy (non-hydrogen) atoms. The lowest BCUT2D eigenvalue weighted by Crippen LogP contribution is -2.41. The van der Waals surface area contributed by atoms with Crippen LogP contribution >= 0.6 is 11.3 Å². The number of pyridine rings is 1. The second-order valence-electron chi connectivity index (χ2n) is 6.71. The average molecular weight is 374 g/mol. The normalized spacial score (nSPS) is 16.4. The molecule has 0 radical (unpaired) electrons. The molecule has 3 aromatic heterocycles. The molecule has 5 nitrogen and oxygen atoms in total.